The molecule has 65 heavy (non-hydrogen) atoms. The second kappa shape index (κ2) is 15.0. The van der Waals surface area contributed by atoms with E-state index in [0.717, 1.165) is 52.4 Å². The van der Waals surface area contributed by atoms with Gasteiger partial charge in [0.1, 0.15) is 11.5 Å². The molecule has 306 valence electrons. The van der Waals surface area contributed by atoms with Gasteiger partial charge in [-0.25, -0.2) is 0 Å². The number of hydrogen-bond donors (Lipinski definition) is 0. The highest BCUT2D eigenvalue weighted by molar-refractivity contribution is 5.97. The summed E-state index contributed by atoms with van der Waals surface area (Å²) in [5.74, 6) is 1.93. The molecule has 2 aliphatic carbocycles. The average Bonchev–Trinajstić information content (AvgIpc) is 3.67. The molecule has 13 rings (SSSR count). The molecule has 2 nitrogen and oxygen atoms in total. The smallest absolute Gasteiger partial charge is 0.140 e. The predicted octanol–water partition coefficient (Wildman–Crippen LogP) is 16.7. The molecule has 1 aliphatic heterocycles. The third-order valence-corrected chi connectivity index (χ3v) is 14.0. The lowest BCUT2D eigenvalue weighted by atomic mass is 9.64. The van der Waals surface area contributed by atoms with Crippen molar-refractivity contribution in [3.8, 4) is 56.0 Å². The first-order valence-corrected chi connectivity index (χ1v) is 22.7. The normalized spacial score (nSPS) is 15.1. The van der Waals surface area contributed by atoms with Crippen molar-refractivity contribution in [3.63, 3.8) is 0 Å². The molecular formula is C63H43NO. The number of hydrogen-bond acceptors (Lipinski definition) is 2. The molecule has 1 heterocycles. The number of aryl methyl sites for hydroxylation is 1. The summed E-state index contributed by atoms with van der Waals surface area (Å²) in [6.45, 7) is 0. The molecule has 0 bridgehead atoms. The van der Waals surface area contributed by atoms with Crippen LogP contribution >= 0.6 is 0 Å². The molecule has 1 spiro atoms. The van der Waals surface area contributed by atoms with E-state index in [1.54, 1.807) is 0 Å². The predicted molar refractivity (Wildman–Crippen MR) is 270 cm³/mol. The number of fused-ring (bicyclic) bond motifs is 13. The van der Waals surface area contributed by atoms with Crippen LogP contribution in [0.25, 0.3) is 61.4 Å². The van der Waals surface area contributed by atoms with Gasteiger partial charge in [-0.1, -0.05) is 194 Å². The second-order valence-electron chi connectivity index (χ2n) is 17.5. The van der Waals surface area contributed by atoms with E-state index >= 15 is 0 Å². The molecule has 10 aromatic rings. The van der Waals surface area contributed by atoms with Crippen LogP contribution in [0.2, 0.25) is 0 Å². The van der Waals surface area contributed by atoms with Crippen molar-refractivity contribution < 1.29 is 4.74 Å². The highest BCUT2D eigenvalue weighted by Crippen LogP contribution is 2.64. The van der Waals surface area contributed by atoms with E-state index in [9.17, 15) is 0 Å². The number of rotatable bonds is 6. The maximum atomic E-state index is 7.26. The molecule has 10 aromatic carbocycles. The third kappa shape index (κ3) is 5.88. The van der Waals surface area contributed by atoms with Crippen molar-refractivity contribution in [2.45, 2.75) is 18.3 Å². The van der Waals surface area contributed by atoms with E-state index in [0.29, 0.717) is 0 Å². The van der Waals surface area contributed by atoms with Crippen LogP contribution in [0, 0.1) is 0 Å². The van der Waals surface area contributed by atoms with Crippen LogP contribution in [0.1, 0.15) is 39.8 Å². The fourth-order valence-electron chi connectivity index (χ4n) is 11.0. The van der Waals surface area contributed by atoms with Crippen LogP contribution < -0.4 is 9.64 Å². The van der Waals surface area contributed by atoms with Gasteiger partial charge in [-0.2, -0.15) is 0 Å². The van der Waals surface area contributed by atoms with Crippen molar-refractivity contribution in [3.05, 3.63) is 264 Å². The van der Waals surface area contributed by atoms with Crippen molar-refractivity contribution in [1.29, 1.82) is 0 Å². The first-order chi connectivity index (χ1) is 32.2. The van der Waals surface area contributed by atoms with Crippen LogP contribution in [0.15, 0.2) is 231 Å². The SMILES string of the molecule is C1=Cc2c(ccc3c2Oc2c(ccc4ccccc24)C32c3ccccc3-c3ccc(-c4cccc(N(c5ccc(-c6ccccc6)cc5)c5ccc(-c6ccccc6)cc5)c4)cc32)CC1. The summed E-state index contributed by atoms with van der Waals surface area (Å²) >= 11 is 0. The fraction of sp³-hybridized carbons (Fsp3) is 0.0476. The summed E-state index contributed by atoms with van der Waals surface area (Å²) in [4.78, 5) is 2.38. The number of benzene rings is 10. The third-order valence-electron chi connectivity index (χ3n) is 14.0. The highest BCUT2D eigenvalue weighted by atomic mass is 16.5. The van der Waals surface area contributed by atoms with Crippen LogP contribution in [-0.2, 0) is 11.8 Å². The summed E-state index contributed by atoms with van der Waals surface area (Å²) in [6.07, 6.45) is 6.65. The lowest BCUT2D eigenvalue weighted by Gasteiger charge is -2.41. The molecule has 3 aliphatic rings. The van der Waals surface area contributed by atoms with Gasteiger partial charge in [0.05, 0.1) is 5.41 Å². The van der Waals surface area contributed by atoms with Gasteiger partial charge in [0.2, 0.25) is 0 Å². The van der Waals surface area contributed by atoms with Gasteiger partial charge < -0.3 is 9.64 Å². The quantitative estimate of drug-likeness (QED) is 0.166. The Hall–Kier alpha value is -8.20. The van der Waals surface area contributed by atoms with E-state index < -0.39 is 5.41 Å². The number of nitrogens with zero attached hydrogens (tertiary/aromatic N) is 1. The van der Waals surface area contributed by atoms with E-state index in [2.05, 4.69) is 242 Å². The minimum absolute atomic E-state index is 0.597. The van der Waals surface area contributed by atoms with Crippen LogP contribution in [0.5, 0.6) is 11.5 Å². The maximum Gasteiger partial charge on any atom is 0.140 e. The molecule has 0 amide bonds. The van der Waals surface area contributed by atoms with Gasteiger partial charge in [-0.05, 0) is 122 Å². The molecule has 0 aromatic heterocycles. The minimum atomic E-state index is -0.597. The average molecular weight is 830 g/mol. The molecular weight excluding hydrogens is 787 g/mol. The Bertz CT molecular complexity index is 3410. The second-order valence-corrected chi connectivity index (χ2v) is 17.5. The monoisotopic (exact) mass is 829 g/mol. The molecule has 0 saturated carbocycles. The number of anilines is 3. The zero-order valence-electron chi connectivity index (χ0n) is 35.8. The molecule has 2 heteroatoms. The van der Waals surface area contributed by atoms with Gasteiger partial charge in [-0.3, -0.25) is 0 Å². The van der Waals surface area contributed by atoms with Crippen molar-refractivity contribution in [1.82, 2.24) is 0 Å². The van der Waals surface area contributed by atoms with Gasteiger partial charge in [0, 0.05) is 39.1 Å². The maximum absolute atomic E-state index is 7.26. The molecule has 0 N–H and O–H groups in total. The highest BCUT2D eigenvalue weighted by Gasteiger charge is 2.52. The Morgan fingerprint density at radius 1 is 0.385 bits per heavy atom. The summed E-state index contributed by atoms with van der Waals surface area (Å²) in [5.41, 5.74) is 19.8. The molecule has 1 unspecified atom stereocenters. The van der Waals surface area contributed by atoms with Crippen molar-refractivity contribution in [2.75, 3.05) is 4.90 Å². The molecule has 1 atom stereocenters. The van der Waals surface area contributed by atoms with E-state index in [1.807, 2.05) is 0 Å². The first-order valence-electron chi connectivity index (χ1n) is 22.7. The van der Waals surface area contributed by atoms with Gasteiger partial charge in [0.25, 0.3) is 0 Å². The Morgan fingerprint density at radius 2 is 0.969 bits per heavy atom. The lowest BCUT2D eigenvalue weighted by Crippen LogP contribution is -2.32. The molecule has 0 radical (unpaired) electrons. The Labute approximate surface area is 380 Å². The fourth-order valence-corrected chi connectivity index (χ4v) is 11.0. The van der Waals surface area contributed by atoms with E-state index in [1.165, 1.54) is 77.7 Å². The van der Waals surface area contributed by atoms with Crippen LogP contribution in [0.3, 0.4) is 0 Å². The first kappa shape index (κ1) is 37.4. The van der Waals surface area contributed by atoms with Crippen LogP contribution in [-0.4, -0.2) is 0 Å². The summed E-state index contributed by atoms with van der Waals surface area (Å²) in [7, 11) is 0. The lowest BCUT2D eigenvalue weighted by molar-refractivity contribution is 0.439. The number of ether oxygens (including phenoxy) is 1. The zero-order chi connectivity index (χ0) is 42.9. The molecule has 0 saturated heterocycles. The summed E-state index contributed by atoms with van der Waals surface area (Å²) in [6, 6.07) is 82.4. The van der Waals surface area contributed by atoms with Crippen molar-refractivity contribution in [2.24, 2.45) is 0 Å². The topological polar surface area (TPSA) is 12.5 Å². The largest absolute Gasteiger partial charge is 0.455 e. The van der Waals surface area contributed by atoms with Crippen molar-refractivity contribution >= 4 is 33.9 Å². The van der Waals surface area contributed by atoms with E-state index in [4.69, 9.17) is 4.74 Å². The van der Waals surface area contributed by atoms with Gasteiger partial charge in [0.15, 0.2) is 0 Å². The Morgan fingerprint density at radius 3 is 1.72 bits per heavy atom. The van der Waals surface area contributed by atoms with Gasteiger partial charge in [-0.15, -0.1) is 0 Å². The summed E-state index contributed by atoms with van der Waals surface area (Å²) in [5, 5.41) is 2.31. The van der Waals surface area contributed by atoms with E-state index in [-0.39, 0.29) is 0 Å². The Balaban J connectivity index is 0.992. The minimum Gasteiger partial charge on any atom is -0.455 e. The van der Waals surface area contributed by atoms with Gasteiger partial charge >= 0.3 is 0 Å². The van der Waals surface area contributed by atoms with Crippen LogP contribution in [0.4, 0.5) is 17.1 Å². The summed E-state index contributed by atoms with van der Waals surface area (Å²) < 4.78 is 7.26. The standard InChI is InChI=1S/C63H43NO/c1-3-14-42(15-4-1)44-26-33-50(34-27-44)64(51-35-28-45(29-36-51)43-16-5-2-6-17-43)52-21-13-20-48(40-52)49-30-37-56-55-24-11-12-25-57(55)63(60(56)41-49)58-38-31-46-18-7-9-22-53(46)61(58)65-62-54-23-10-8-19-47(54)32-39-59(62)63/h1-7,9-18,20-41H,8,19H2. The number of allylic oxidation sites excluding steroid dienone is 1. The zero-order valence-corrected chi connectivity index (χ0v) is 35.8. The molecule has 0 fully saturated rings. The Kier molecular flexibility index (Phi) is 8.60.